The van der Waals surface area contributed by atoms with Gasteiger partial charge in [0.2, 0.25) is 0 Å². The van der Waals surface area contributed by atoms with Gasteiger partial charge in [0.05, 0.1) is 52.7 Å². The van der Waals surface area contributed by atoms with Crippen molar-refractivity contribution in [2.45, 2.75) is 18.6 Å². The minimum Gasteiger partial charge on any atom is -0.497 e. The van der Waals surface area contributed by atoms with Gasteiger partial charge in [-0.15, -0.1) is 0 Å². The quantitative estimate of drug-likeness (QED) is 0.469. The number of hydrogen-bond donors (Lipinski definition) is 1. The topological polar surface area (TPSA) is 94.5 Å². The number of aliphatic hydroxyl groups is 1. The maximum Gasteiger partial charge on any atom is 0.264 e. The number of carbonyl (C=O) groups is 2. The number of hydrogen-bond acceptors (Lipinski definition) is 7. The number of fused-ring (bicyclic) bond motifs is 1. The SMILES string of the molecule is COc1ccc(C(=O)C[C@]2(O)C(=O)N(Cc3ccc(OC)c(OC)c3)c3ccccc32)c(OC)c1. The second-order valence-corrected chi connectivity index (χ2v) is 8.12. The molecule has 1 amide bonds. The monoisotopic (exact) mass is 477 g/mol. The molecule has 8 nitrogen and oxygen atoms in total. The van der Waals surface area contributed by atoms with E-state index < -0.39 is 23.7 Å². The zero-order chi connectivity index (χ0) is 25.2. The van der Waals surface area contributed by atoms with Gasteiger partial charge in [0.15, 0.2) is 22.9 Å². The van der Waals surface area contributed by atoms with Crippen molar-refractivity contribution in [1.29, 1.82) is 0 Å². The van der Waals surface area contributed by atoms with Gasteiger partial charge < -0.3 is 29.0 Å². The highest BCUT2D eigenvalue weighted by Crippen LogP contribution is 2.44. The number of benzene rings is 3. The molecule has 0 aliphatic carbocycles. The summed E-state index contributed by atoms with van der Waals surface area (Å²) in [5.74, 6) is 0.929. The minimum atomic E-state index is -2.02. The Morgan fingerprint density at radius 1 is 0.857 bits per heavy atom. The molecule has 0 fully saturated rings. The molecule has 0 saturated carbocycles. The molecule has 0 spiro atoms. The zero-order valence-corrected chi connectivity index (χ0v) is 20.0. The molecule has 0 saturated heterocycles. The largest absolute Gasteiger partial charge is 0.497 e. The number of carbonyl (C=O) groups excluding carboxylic acids is 2. The molecule has 1 aliphatic heterocycles. The summed E-state index contributed by atoms with van der Waals surface area (Å²) in [6.07, 6.45) is -0.437. The van der Waals surface area contributed by atoms with Crippen LogP contribution < -0.4 is 23.8 Å². The van der Waals surface area contributed by atoms with Gasteiger partial charge in [0.1, 0.15) is 11.5 Å². The van der Waals surface area contributed by atoms with E-state index in [2.05, 4.69) is 0 Å². The third kappa shape index (κ3) is 4.28. The van der Waals surface area contributed by atoms with E-state index in [0.717, 1.165) is 5.56 Å². The van der Waals surface area contributed by atoms with Crippen molar-refractivity contribution in [3.05, 3.63) is 77.4 Å². The fourth-order valence-corrected chi connectivity index (χ4v) is 4.35. The fraction of sp³-hybridized carbons (Fsp3) is 0.259. The molecular weight excluding hydrogens is 450 g/mol. The molecule has 35 heavy (non-hydrogen) atoms. The molecule has 1 aliphatic rings. The van der Waals surface area contributed by atoms with E-state index in [4.69, 9.17) is 18.9 Å². The van der Waals surface area contributed by atoms with E-state index >= 15 is 0 Å². The molecule has 0 radical (unpaired) electrons. The smallest absolute Gasteiger partial charge is 0.264 e. The van der Waals surface area contributed by atoms with Crippen LogP contribution in [0.1, 0.15) is 27.9 Å². The summed E-state index contributed by atoms with van der Waals surface area (Å²) in [5, 5.41) is 11.6. The summed E-state index contributed by atoms with van der Waals surface area (Å²) in [7, 11) is 6.05. The van der Waals surface area contributed by atoms with E-state index in [-0.39, 0.29) is 12.1 Å². The van der Waals surface area contributed by atoms with Crippen LogP contribution in [0.4, 0.5) is 5.69 Å². The Morgan fingerprint density at radius 2 is 1.57 bits per heavy atom. The predicted octanol–water partition coefficient (Wildman–Crippen LogP) is 3.73. The van der Waals surface area contributed by atoms with Gasteiger partial charge in [-0.3, -0.25) is 9.59 Å². The van der Waals surface area contributed by atoms with E-state index in [1.54, 1.807) is 61.7 Å². The van der Waals surface area contributed by atoms with Gasteiger partial charge in [-0.2, -0.15) is 0 Å². The Hall–Kier alpha value is -4.04. The summed E-state index contributed by atoms with van der Waals surface area (Å²) < 4.78 is 21.2. The first kappa shape index (κ1) is 24.1. The summed E-state index contributed by atoms with van der Waals surface area (Å²) in [6, 6.07) is 17.1. The maximum atomic E-state index is 13.6. The first-order valence-electron chi connectivity index (χ1n) is 11.0. The van der Waals surface area contributed by atoms with Crippen LogP contribution in [0.25, 0.3) is 0 Å². The Bertz CT molecular complexity index is 1270. The van der Waals surface area contributed by atoms with Crippen LogP contribution in [-0.2, 0) is 16.9 Å². The Kier molecular flexibility index (Phi) is 6.66. The summed E-state index contributed by atoms with van der Waals surface area (Å²) in [6.45, 7) is 0.179. The van der Waals surface area contributed by atoms with E-state index in [1.165, 1.54) is 26.2 Å². The lowest BCUT2D eigenvalue weighted by molar-refractivity contribution is -0.136. The fourth-order valence-electron chi connectivity index (χ4n) is 4.35. The Morgan fingerprint density at radius 3 is 2.26 bits per heavy atom. The third-order valence-corrected chi connectivity index (χ3v) is 6.15. The molecule has 1 atom stereocenters. The van der Waals surface area contributed by atoms with Crippen LogP contribution in [0, 0.1) is 0 Å². The number of anilines is 1. The normalized spacial score (nSPS) is 16.6. The van der Waals surface area contributed by atoms with Gasteiger partial charge in [-0.05, 0) is 35.9 Å². The van der Waals surface area contributed by atoms with Crippen molar-refractivity contribution in [2.75, 3.05) is 33.3 Å². The number of nitrogens with zero attached hydrogens (tertiary/aromatic N) is 1. The maximum absolute atomic E-state index is 13.6. The van der Waals surface area contributed by atoms with Crippen LogP contribution in [-0.4, -0.2) is 45.2 Å². The number of rotatable bonds is 9. The lowest BCUT2D eigenvalue weighted by Gasteiger charge is -2.23. The standard InChI is InChI=1S/C27H27NO7/c1-32-18-10-11-19(24(14-18)34-3)22(29)15-27(31)20-7-5-6-8-21(20)28(26(27)30)16-17-9-12-23(33-2)25(13-17)35-4/h5-14,31H,15-16H2,1-4H3/t27-/m1/s1. The second-order valence-electron chi connectivity index (χ2n) is 8.12. The van der Waals surface area contributed by atoms with Crippen molar-refractivity contribution < 1.29 is 33.6 Å². The van der Waals surface area contributed by atoms with E-state index in [0.29, 0.717) is 34.2 Å². The second kappa shape index (κ2) is 9.68. The van der Waals surface area contributed by atoms with Gasteiger partial charge in [-0.1, -0.05) is 24.3 Å². The summed E-state index contributed by atoms with van der Waals surface area (Å²) in [5.41, 5.74) is -0.0611. The van der Waals surface area contributed by atoms with E-state index in [9.17, 15) is 14.7 Å². The first-order valence-corrected chi connectivity index (χ1v) is 11.0. The molecule has 4 rings (SSSR count). The van der Waals surface area contributed by atoms with Crippen LogP contribution in [0.5, 0.6) is 23.0 Å². The number of ether oxygens (including phenoxy) is 4. The van der Waals surface area contributed by atoms with Crippen LogP contribution in [0.3, 0.4) is 0 Å². The number of ketones is 1. The molecule has 3 aromatic rings. The van der Waals surface area contributed by atoms with Gasteiger partial charge in [0.25, 0.3) is 5.91 Å². The molecule has 3 aromatic carbocycles. The molecule has 0 aromatic heterocycles. The molecular formula is C27H27NO7. The predicted molar refractivity (Wildman–Crippen MR) is 130 cm³/mol. The Labute approximate surface area is 203 Å². The molecule has 1 heterocycles. The van der Waals surface area contributed by atoms with Crippen LogP contribution in [0.15, 0.2) is 60.7 Å². The first-order chi connectivity index (χ1) is 16.9. The molecule has 1 N–H and O–H groups in total. The van der Waals surface area contributed by atoms with Crippen LogP contribution >= 0.6 is 0 Å². The number of Topliss-reactive ketones (excluding diaryl/α,β-unsaturated/α-hetero) is 1. The zero-order valence-electron chi connectivity index (χ0n) is 20.0. The number of amides is 1. The molecule has 0 bridgehead atoms. The summed E-state index contributed by atoms with van der Waals surface area (Å²) >= 11 is 0. The lowest BCUT2D eigenvalue weighted by atomic mass is 9.88. The Balaban J connectivity index is 1.67. The van der Waals surface area contributed by atoms with Crippen molar-refractivity contribution in [2.24, 2.45) is 0 Å². The highest BCUT2D eigenvalue weighted by molar-refractivity contribution is 6.11. The molecule has 182 valence electrons. The van der Waals surface area contributed by atoms with Crippen molar-refractivity contribution in [1.82, 2.24) is 0 Å². The number of methoxy groups -OCH3 is 4. The molecule has 0 unspecified atom stereocenters. The van der Waals surface area contributed by atoms with Gasteiger partial charge in [-0.25, -0.2) is 0 Å². The third-order valence-electron chi connectivity index (χ3n) is 6.15. The molecule has 8 heteroatoms. The minimum absolute atomic E-state index is 0.179. The highest BCUT2D eigenvalue weighted by Gasteiger charge is 2.51. The van der Waals surface area contributed by atoms with Gasteiger partial charge in [0, 0.05) is 11.6 Å². The highest BCUT2D eigenvalue weighted by atomic mass is 16.5. The van der Waals surface area contributed by atoms with Crippen molar-refractivity contribution >= 4 is 17.4 Å². The van der Waals surface area contributed by atoms with Gasteiger partial charge >= 0.3 is 0 Å². The van der Waals surface area contributed by atoms with Crippen LogP contribution in [0.2, 0.25) is 0 Å². The van der Waals surface area contributed by atoms with Crippen molar-refractivity contribution in [3.8, 4) is 23.0 Å². The average Bonchev–Trinajstić information content (AvgIpc) is 3.09. The van der Waals surface area contributed by atoms with Crippen molar-refractivity contribution in [3.63, 3.8) is 0 Å². The summed E-state index contributed by atoms with van der Waals surface area (Å²) in [4.78, 5) is 28.4. The number of para-hydroxylation sites is 1. The van der Waals surface area contributed by atoms with E-state index in [1.807, 2.05) is 6.07 Å². The average molecular weight is 478 g/mol. The lowest BCUT2D eigenvalue weighted by Crippen LogP contribution is -2.41.